The minimum absolute atomic E-state index is 0.00196. The van der Waals surface area contributed by atoms with Crippen molar-refractivity contribution in [2.45, 2.75) is 45.4 Å². The van der Waals surface area contributed by atoms with Crippen LogP contribution in [0.4, 0.5) is 4.79 Å². The maximum Gasteiger partial charge on any atom is 0.314 e. The number of carbonyl (C=O) groups excluding carboxylic acids is 1. The molecule has 0 radical (unpaired) electrons. The maximum atomic E-state index is 11.6. The first kappa shape index (κ1) is 12.7. The first-order valence-electron chi connectivity index (χ1n) is 6.76. The van der Waals surface area contributed by atoms with Crippen molar-refractivity contribution in [1.82, 2.24) is 10.6 Å². The van der Waals surface area contributed by atoms with E-state index in [2.05, 4.69) is 17.6 Å². The van der Waals surface area contributed by atoms with Crippen LogP contribution >= 0.6 is 0 Å². The zero-order valence-electron chi connectivity index (χ0n) is 10.7. The minimum atomic E-state index is -0.0768. The van der Waals surface area contributed by atoms with Crippen LogP contribution in [-0.2, 0) is 0 Å². The van der Waals surface area contributed by atoms with Gasteiger partial charge in [0.2, 0.25) is 0 Å². The number of urea groups is 1. The Balaban J connectivity index is 1.61. The summed E-state index contributed by atoms with van der Waals surface area (Å²) in [4.78, 5) is 11.6. The normalized spacial score (nSPS) is 22.9. The van der Waals surface area contributed by atoms with E-state index in [1.807, 2.05) is 0 Å². The first-order valence-corrected chi connectivity index (χ1v) is 6.76. The lowest BCUT2D eigenvalue weighted by Gasteiger charge is -2.17. The lowest BCUT2D eigenvalue weighted by atomic mass is 10.0. The number of aliphatic hydroxyl groups excluding tert-OH is 1. The molecule has 4 heteroatoms. The van der Waals surface area contributed by atoms with E-state index in [-0.39, 0.29) is 18.1 Å². The van der Waals surface area contributed by atoms with Crippen molar-refractivity contribution in [3.05, 3.63) is 0 Å². The third-order valence-electron chi connectivity index (χ3n) is 4.28. The van der Waals surface area contributed by atoms with Crippen LogP contribution in [0.25, 0.3) is 0 Å². The van der Waals surface area contributed by atoms with E-state index < -0.39 is 0 Å². The summed E-state index contributed by atoms with van der Waals surface area (Å²) in [6, 6.07) is -0.0768. The van der Waals surface area contributed by atoms with Crippen LogP contribution in [0.15, 0.2) is 0 Å². The second-order valence-corrected chi connectivity index (χ2v) is 5.94. The highest BCUT2D eigenvalue weighted by Gasteiger charge is 2.43. The zero-order valence-corrected chi connectivity index (χ0v) is 10.7. The van der Waals surface area contributed by atoms with Gasteiger partial charge in [0.1, 0.15) is 0 Å². The lowest BCUT2D eigenvalue weighted by molar-refractivity contribution is 0.202. The van der Waals surface area contributed by atoms with Crippen LogP contribution in [0.3, 0.4) is 0 Å². The van der Waals surface area contributed by atoms with Gasteiger partial charge in [0, 0.05) is 18.5 Å². The number of hydrogen-bond donors (Lipinski definition) is 3. The van der Waals surface area contributed by atoms with Gasteiger partial charge in [-0.05, 0) is 37.5 Å². The molecular formula is C13H24N2O2. The van der Waals surface area contributed by atoms with Crippen molar-refractivity contribution in [1.29, 1.82) is 0 Å². The van der Waals surface area contributed by atoms with E-state index in [4.69, 9.17) is 5.11 Å². The van der Waals surface area contributed by atoms with E-state index in [0.29, 0.717) is 12.0 Å². The molecule has 2 saturated carbocycles. The van der Waals surface area contributed by atoms with Crippen LogP contribution in [0.1, 0.15) is 45.4 Å². The molecule has 17 heavy (non-hydrogen) atoms. The molecule has 0 aliphatic heterocycles. The van der Waals surface area contributed by atoms with Crippen LogP contribution in [0.2, 0.25) is 0 Å². The molecule has 0 unspecified atom stereocenters. The van der Waals surface area contributed by atoms with Crippen LogP contribution in [0.5, 0.6) is 0 Å². The second kappa shape index (κ2) is 4.84. The highest BCUT2D eigenvalue weighted by Crippen LogP contribution is 2.49. The Labute approximate surface area is 103 Å². The van der Waals surface area contributed by atoms with Crippen molar-refractivity contribution >= 4 is 6.03 Å². The molecule has 2 amide bonds. The SMILES string of the molecule is CCCC1(CNC(=O)NCC2(CO)CC2)CC1. The van der Waals surface area contributed by atoms with Crippen molar-refractivity contribution in [2.24, 2.45) is 10.8 Å². The molecule has 0 spiro atoms. The summed E-state index contributed by atoms with van der Waals surface area (Å²) < 4.78 is 0. The number of carbonyl (C=O) groups is 1. The molecule has 2 aliphatic rings. The molecule has 0 heterocycles. The highest BCUT2D eigenvalue weighted by molar-refractivity contribution is 5.74. The molecule has 0 aromatic carbocycles. The van der Waals surface area contributed by atoms with E-state index in [1.165, 1.54) is 25.7 Å². The third kappa shape index (κ3) is 3.35. The first-order chi connectivity index (χ1) is 8.14. The Bertz CT molecular complexity index is 283. The fourth-order valence-electron chi connectivity index (χ4n) is 2.39. The maximum absolute atomic E-state index is 11.6. The van der Waals surface area contributed by atoms with Gasteiger partial charge in [-0.1, -0.05) is 13.3 Å². The molecule has 0 bridgehead atoms. The van der Waals surface area contributed by atoms with Gasteiger partial charge in [-0.25, -0.2) is 4.79 Å². The average Bonchev–Trinajstić information content (AvgIpc) is 3.22. The smallest absolute Gasteiger partial charge is 0.314 e. The predicted molar refractivity (Wildman–Crippen MR) is 66.7 cm³/mol. The van der Waals surface area contributed by atoms with Gasteiger partial charge in [0.25, 0.3) is 0 Å². The van der Waals surface area contributed by atoms with Gasteiger partial charge in [-0.2, -0.15) is 0 Å². The summed E-state index contributed by atoms with van der Waals surface area (Å²) in [6.07, 6.45) is 6.97. The van der Waals surface area contributed by atoms with Gasteiger partial charge >= 0.3 is 6.03 Å². The average molecular weight is 240 g/mol. The quantitative estimate of drug-likeness (QED) is 0.633. The summed E-state index contributed by atoms with van der Waals surface area (Å²) in [5, 5.41) is 15.0. The minimum Gasteiger partial charge on any atom is -0.396 e. The van der Waals surface area contributed by atoms with Crippen LogP contribution < -0.4 is 10.6 Å². The standard InChI is InChI=1S/C13H24N2O2/c1-2-3-12(4-5-12)8-14-11(17)15-9-13(10-16)6-7-13/h16H,2-10H2,1H3,(H2,14,15,17). The van der Waals surface area contributed by atoms with Gasteiger partial charge in [0.05, 0.1) is 6.61 Å². The molecule has 2 fully saturated rings. The summed E-state index contributed by atoms with van der Waals surface area (Å²) in [6.45, 7) is 3.79. The zero-order chi connectivity index (χ0) is 12.4. The Morgan fingerprint density at radius 3 is 2.06 bits per heavy atom. The number of rotatable bonds is 7. The molecule has 0 atom stereocenters. The van der Waals surface area contributed by atoms with Crippen LogP contribution in [0, 0.1) is 10.8 Å². The molecule has 2 rings (SSSR count). The Morgan fingerprint density at radius 1 is 1.12 bits per heavy atom. The summed E-state index contributed by atoms with van der Waals surface area (Å²) in [5.41, 5.74) is 0.401. The Hall–Kier alpha value is -0.770. The van der Waals surface area contributed by atoms with Crippen molar-refractivity contribution < 1.29 is 9.90 Å². The highest BCUT2D eigenvalue weighted by atomic mass is 16.3. The molecule has 3 N–H and O–H groups in total. The summed E-state index contributed by atoms with van der Waals surface area (Å²) in [7, 11) is 0. The molecule has 0 aromatic heterocycles. The molecule has 0 saturated heterocycles. The molecule has 2 aliphatic carbocycles. The van der Waals surface area contributed by atoms with Gasteiger partial charge in [-0.15, -0.1) is 0 Å². The van der Waals surface area contributed by atoms with Crippen molar-refractivity contribution in [3.8, 4) is 0 Å². The second-order valence-electron chi connectivity index (χ2n) is 5.94. The van der Waals surface area contributed by atoms with E-state index in [9.17, 15) is 4.79 Å². The van der Waals surface area contributed by atoms with Crippen LogP contribution in [-0.4, -0.2) is 30.8 Å². The number of nitrogens with one attached hydrogen (secondary N) is 2. The van der Waals surface area contributed by atoms with Gasteiger partial charge in [0.15, 0.2) is 0 Å². The fourth-order valence-corrected chi connectivity index (χ4v) is 2.39. The van der Waals surface area contributed by atoms with Gasteiger partial charge < -0.3 is 15.7 Å². The molecule has 4 nitrogen and oxygen atoms in total. The van der Waals surface area contributed by atoms with E-state index >= 15 is 0 Å². The van der Waals surface area contributed by atoms with Crippen molar-refractivity contribution in [3.63, 3.8) is 0 Å². The number of aliphatic hydroxyl groups is 1. The summed E-state index contributed by atoms with van der Waals surface area (Å²) >= 11 is 0. The number of hydrogen-bond acceptors (Lipinski definition) is 2. The van der Waals surface area contributed by atoms with E-state index in [0.717, 1.165) is 19.4 Å². The lowest BCUT2D eigenvalue weighted by Crippen LogP contribution is -2.41. The van der Waals surface area contributed by atoms with E-state index in [1.54, 1.807) is 0 Å². The Morgan fingerprint density at radius 2 is 1.65 bits per heavy atom. The summed E-state index contributed by atoms with van der Waals surface area (Å²) in [5.74, 6) is 0. The van der Waals surface area contributed by atoms with Crippen molar-refractivity contribution in [2.75, 3.05) is 19.7 Å². The fraction of sp³-hybridized carbons (Fsp3) is 0.923. The largest absolute Gasteiger partial charge is 0.396 e. The number of amides is 2. The topological polar surface area (TPSA) is 61.4 Å². The predicted octanol–water partition coefficient (Wildman–Crippen LogP) is 1.64. The molecule has 0 aromatic rings. The molecular weight excluding hydrogens is 216 g/mol. The monoisotopic (exact) mass is 240 g/mol. The van der Waals surface area contributed by atoms with Gasteiger partial charge in [-0.3, -0.25) is 0 Å². The molecule has 98 valence electrons. The third-order valence-corrected chi connectivity index (χ3v) is 4.28. The Kier molecular flexibility index (Phi) is 3.61.